The number of benzene rings is 3. The van der Waals surface area contributed by atoms with E-state index in [0.717, 1.165) is 30.3 Å². The molecule has 15 heteroatoms. The Morgan fingerprint density at radius 1 is 0.814 bits per heavy atom. The highest BCUT2D eigenvalue weighted by Gasteiger charge is 2.49. The van der Waals surface area contributed by atoms with Crippen LogP contribution in [0.15, 0.2) is 48.2 Å². The summed E-state index contributed by atoms with van der Waals surface area (Å²) in [7, 11) is 0. The Kier molecular flexibility index (Phi) is 7.72. The fraction of sp³-hybridized carbons (Fsp3) is 0.250. The first kappa shape index (κ1) is 29.4. The fourth-order valence-electron chi connectivity index (χ4n) is 4.60. The molecular weight excluding hydrogens is 576 g/mol. The summed E-state index contributed by atoms with van der Waals surface area (Å²) in [5, 5.41) is 100. The zero-order valence-corrected chi connectivity index (χ0v) is 21.8. The Morgan fingerprint density at radius 3 is 2.16 bits per heavy atom. The largest absolute Gasteiger partial charge is 0.508 e. The van der Waals surface area contributed by atoms with Gasteiger partial charge in [-0.15, -0.1) is 0 Å². The van der Waals surface area contributed by atoms with Crippen LogP contribution in [0, 0.1) is 0 Å². The van der Waals surface area contributed by atoms with Crippen LogP contribution in [-0.4, -0.2) is 94.3 Å². The quantitative estimate of drug-likeness (QED) is 0.138. The molecule has 0 bridgehead atoms. The third-order valence-corrected chi connectivity index (χ3v) is 6.82. The molecule has 3 aromatic rings. The van der Waals surface area contributed by atoms with Crippen LogP contribution in [0.1, 0.15) is 27.6 Å². The number of hydrogen-bond acceptors (Lipinski definition) is 15. The summed E-state index contributed by atoms with van der Waals surface area (Å²) in [6, 6.07) is 7.43. The lowest BCUT2D eigenvalue weighted by molar-refractivity contribution is -0.292. The second-order valence-electron chi connectivity index (χ2n) is 9.73. The van der Waals surface area contributed by atoms with Crippen LogP contribution in [0.5, 0.6) is 46.0 Å². The summed E-state index contributed by atoms with van der Waals surface area (Å²) in [6.07, 6.45) is -8.73. The highest BCUT2D eigenvalue weighted by atomic mass is 16.7. The Balaban J connectivity index is 1.54. The van der Waals surface area contributed by atoms with Gasteiger partial charge < -0.3 is 70.0 Å². The molecule has 1 saturated heterocycles. The number of ether oxygens (including phenoxy) is 4. The van der Waals surface area contributed by atoms with Gasteiger partial charge in [-0.05, 0) is 30.3 Å². The molecule has 2 aliphatic rings. The summed E-state index contributed by atoms with van der Waals surface area (Å²) in [5.74, 6) is -5.77. The SMILES string of the molecule is O=C(O[C@H]1[C@H](OC2=Cc3c(O)cc(O)cc3OC2c2ccc(O)c(O)c2)O[C@H](CO)[C@H](O)[C@@H]1O)c1cc(O)c(O)c(O)c1. The van der Waals surface area contributed by atoms with Crippen molar-refractivity contribution in [2.75, 3.05) is 6.61 Å². The number of phenols is 7. The summed E-state index contributed by atoms with van der Waals surface area (Å²) < 4.78 is 22.9. The standard InChI is InChI=1S/C28H26O15/c29-9-21-23(37)24(38)26(43-27(39)11-4-17(34)22(36)18(35)5-11)28(42-21)41-20-8-13-15(32)6-12(30)7-19(13)40-25(20)10-1-2-14(31)16(33)3-10/h1-8,21,23-26,28-38H,9H2/t21-,23+,24+,25?,26-,28-/m1/s1. The van der Waals surface area contributed by atoms with Crippen molar-refractivity contribution in [2.24, 2.45) is 0 Å². The average molecular weight is 603 g/mol. The van der Waals surface area contributed by atoms with Crippen LogP contribution < -0.4 is 4.74 Å². The van der Waals surface area contributed by atoms with Crippen molar-refractivity contribution in [2.45, 2.75) is 36.8 Å². The molecule has 228 valence electrons. The lowest BCUT2D eigenvalue weighted by atomic mass is 9.98. The molecule has 3 aromatic carbocycles. The highest BCUT2D eigenvalue weighted by Crippen LogP contribution is 2.45. The van der Waals surface area contributed by atoms with Gasteiger partial charge in [0, 0.05) is 17.7 Å². The topological polar surface area (TPSA) is 256 Å². The van der Waals surface area contributed by atoms with E-state index in [1.54, 1.807) is 0 Å². The molecule has 15 nitrogen and oxygen atoms in total. The number of fused-ring (bicyclic) bond motifs is 1. The lowest BCUT2D eigenvalue weighted by Crippen LogP contribution is -2.60. The maximum atomic E-state index is 12.9. The van der Waals surface area contributed by atoms with Gasteiger partial charge in [-0.25, -0.2) is 4.79 Å². The first-order chi connectivity index (χ1) is 20.4. The number of phenolic OH excluding ortho intramolecular Hbond substituents is 7. The minimum absolute atomic E-state index is 0.00871. The Morgan fingerprint density at radius 2 is 1.51 bits per heavy atom. The molecule has 6 atom stereocenters. The predicted molar refractivity (Wildman–Crippen MR) is 140 cm³/mol. The molecule has 0 saturated carbocycles. The highest BCUT2D eigenvalue weighted by molar-refractivity contribution is 5.91. The van der Waals surface area contributed by atoms with E-state index < -0.39 is 89.4 Å². The second-order valence-corrected chi connectivity index (χ2v) is 9.73. The Labute approximate surface area is 241 Å². The van der Waals surface area contributed by atoms with E-state index in [1.165, 1.54) is 18.2 Å². The van der Waals surface area contributed by atoms with Crippen LogP contribution in [0.3, 0.4) is 0 Å². The number of aliphatic hydroxyl groups excluding tert-OH is 3. The van der Waals surface area contributed by atoms with Crippen molar-refractivity contribution in [1.29, 1.82) is 0 Å². The molecule has 2 aliphatic heterocycles. The summed E-state index contributed by atoms with van der Waals surface area (Å²) in [4.78, 5) is 12.9. The zero-order chi connectivity index (χ0) is 31.2. The molecule has 0 aliphatic carbocycles. The van der Waals surface area contributed by atoms with Crippen molar-refractivity contribution in [1.82, 2.24) is 0 Å². The fourth-order valence-corrected chi connectivity index (χ4v) is 4.60. The van der Waals surface area contributed by atoms with Gasteiger partial charge in [0.15, 0.2) is 41.0 Å². The van der Waals surface area contributed by atoms with E-state index in [1.807, 2.05) is 0 Å². The van der Waals surface area contributed by atoms with Crippen molar-refractivity contribution >= 4 is 12.0 Å². The van der Waals surface area contributed by atoms with Gasteiger partial charge in [0.1, 0.15) is 41.3 Å². The third-order valence-electron chi connectivity index (χ3n) is 6.82. The molecule has 0 aromatic heterocycles. The van der Waals surface area contributed by atoms with E-state index in [4.69, 9.17) is 18.9 Å². The first-order valence-corrected chi connectivity index (χ1v) is 12.6. The number of aliphatic hydroxyl groups is 3. The number of rotatable bonds is 6. The van der Waals surface area contributed by atoms with Crippen molar-refractivity contribution < 1.29 is 74.8 Å². The predicted octanol–water partition coefficient (Wildman–Crippen LogP) is 0.782. The van der Waals surface area contributed by atoms with E-state index in [-0.39, 0.29) is 28.4 Å². The summed E-state index contributed by atoms with van der Waals surface area (Å²) >= 11 is 0. The normalized spacial score (nSPS) is 24.8. The smallest absolute Gasteiger partial charge is 0.339 e. The Hall–Kier alpha value is -5.09. The van der Waals surface area contributed by atoms with Gasteiger partial charge in [0.05, 0.1) is 17.7 Å². The number of hydrogen-bond donors (Lipinski definition) is 10. The van der Waals surface area contributed by atoms with Gasteiger partial charge in [0.2, 0.25) is 6.29 Å². The number of esters is 1. The van der Waals surface area contributed by atoms with Crippen LogP contribution >= 0.6 is 0 Å². The number of carbonyl (C=O) groups is 1. The molecule has 1 unspecified atom stereocenters. The monoisotopic (exact) mass is 602 g/mol. The maximum Gasteiger partial charge on any atom is 0.339 e. The minimum Gasteiger partial charge on any atom is -0.508 e. The van der Waals surface area contributed by atoms with Crippen molar-refractivity contribution in [3.63, 3.8) is 0 Å². The van der Waals surface area contributed by atoms with E-state index in [2.05, 4.69) is 0 Å². The molecule has 0 radical (unpaired) electrons. The number of carbonyl (C=O) groups excluding carboxylic acids is 1. The van der Waals surface area contributed by atoms with Crippen LogP contribution in [0.25, 0.3) is 6.08 Å². The van der Waals surface area contributed by atoms with Gasteiger partial charge >= 0.3 is 5.97 Å². The molecule has 5 rings (SSSR count). The molecule has 43 heavy (non-hydrogen) atoms. The zero-order valence-electron chi connectivity index (χ0n) is 21.8. The van der Waals surface area contributed by atoms with Gasteiger partial charge in [-0.2, -0.15) is 0 Å². The molecule has 1 fully saturated rings. The van der Waals surface area contributed by atoms with Crippen molar-refractivity contribution in [3.05, 3.63) is 64.9 Å². The summed E-state index contributed by atoms with van der Waals surface area (Å²) in [6.45, 7) is -0.799. The van der Waals surface area contributed by atoms with E-state index >= 15 is 0 Å². The minimum atomic E-state index is -1.92. The molecule has 0 spiro atoms. The van der Waals surface area contributed by atoms with Gasteiger partial charge in [0.25, 0.3) is 0 Å². The Bertz CT molecular complexity index is 1560. The summed E-state index contributed by atoms with van der Waals surface area (Å²) in [5.41, 5.74) is -0.242. The van der Waals surface area contributed by atoms with E-state index in [9.17, 15) is 55.9 Å². The molecule has 10 N–H and O–H groups in total. The average Bonchev–Trinajstić information content (AvgIpc) is 2.96. The number of aromatic hydroxyl groups is 7. The maximum absolute atomic E-state index is 12.9. The van der Waals surface area contributed by atoms with Crippen LogP contribution in [0.4, 0.5) is 0 Å². The van der Waals surface area contributed by atoms with Crippen LogP contribution in [0.2, 0.25) is 0 Å². The molecule has 0 amide bonds. The van der Waals surface area contributed by atoms with Crippen molar-refractivity contribution in [3.8, 4) is 46.0 Å². The van der Waals surface area contributed by atoms with Gasteiger partial charge in [-0.1, -0.05) is 6.07 Å². The molecule has 2 heterocycles. The lowest BCUT2D eigenvalue weighted by Gasteiger charge is -2.42. The van der Waals surface area contributed by atoms with Gasteiger partial charge in [-0.3, -0.25) is 0 Å². The van der Waals surface area contributed by atoms with E-state index in [0.29, 0.717) is 0 Å². The second kappa shape index (κ2) is 11.3. The first-order valence-electron chi connectivity index (χ1n) is 12.6. The molecular formula is C28H26O15. The third kappa shape index (κ3) is 5.56. The van der Waals surface area contributed by atoms with Crippen LogP contribution in [-0.2, 0) is 14.2 Å².